The third-order valence-corrected chi connectivity index (χ3v) is 7.52. The number of para-hydroxylation sites is 1. The van der Waals surface area contributed by atoms with Gasteiger partial charge in [-0.1, -0.05) is 18.2 Å². The molecule has 0 saturated carbocycles. The van der Waals surface area contributed by atoms with Crippen LogP contribution in [0.2, 0.25) is 0 Å². The van der Waals surface area contributed by atoms with Gasteiger partial charge < -0.3 is 24.6 Å². The number of hydrogen-bond donors (Lipinski definition) is 4. The largest absolute Gasteiger partial charge is 0.529 e. The Kier molecular flexibility index (Phi) is 6.01. The number of phosphoric ester groups is 1. The molecule has 0 amide bonds. The fraction of sp³-hybridized carbons (Fsp3) is 0.412. The summed E-state index contributed by atoms with van der Waals surface area (Å²) in [5.74, 6) is -3.05. The highest BCUT2D eigenvalue weighted by Gasteiger charge is 2.69. The minimum atomic E-state index is -4.41. The molecule has 4 N–H and O–H groups in total. The molecule has 2 aromatic rings. The highest BCUT2D eigenvalue weighted by Crippen LogP contribution is 2.59. The third-order valence-electron chi connectivity index (χ3n) is 5.97. The van der Waals surface area contributed by atoms with Gasteiger partial charge in [-0.2, -0.15) is 0 Å². The number of benzene rings is 1. The molecular formula is C17H21B3FN2O10P. The van der Waals surface area contributed by atoms with Crippen LogP contribution in [0.15, 0.2) is 40.1 Å². The van der Waals surface area contributed by atoms with Gasteiger partial charge in [0.1, 0.15) is 39.3 Å². The average Bonchev–Trinajstić information content (AvgIpc) is 2.94. The third kappa shape index (κ3) is 3.79. The topological polar surface area (TPSA) is 170 Å². The molecule has 2 aliphatic heterocycles. The van der Waals surface area contributed by atoms with Crippen molar-refractivity contribution in [3.8, 4) is 5.75 Å². The van der Waals surface area contributed by atoms with Crippen LogP contribution in [0.4, 0.5) is 4.39 Å². The van der Waals surface area contributed by atoms with E-state index in [1.165, 1.54) is 6.07 Å². The summed E-state index contributed by atoms with van der Waals surface area (Å²) in [6, 6.07) is 6.55. The average molecular weight is 496 g/mol. The number of alkyl halides is 1. The molecule has 4 rings (SSSR count). The molecule has 12 nitrogen and oxygen atoms in total. The Bertz CT molecular complexity index is 1290. The van der Waals surface area contributed by atoms with E-state index in [9.17, 15) is 29.5 Å². The number of H-pyrrole nitrogens is 1. The quantitative estimate of drug-likeness (QED) is 0.239. The van der Waals surface area contributed by atoms with Crippen molar-refractivity contribution in [2.45, 2.75) is 42.3 Å². The molecule has 3 heterocycles. The Morgan fingerprint density at radius 2 is 1.97 bits per heavy atom. The van der Waals surface area contributed by atoms with Crippen molar-refractivity contribution in [3.63, 3.8) is 0 Å². The van der Waals surface area contributed by atoms with Gasteiger partial charge in [0, 0.05) is 11.8 Å². The van der Waals surface area contributed by atoms with Crippen molar-refractivity contribution in [1.29, 1.82) is 0 Å². The number of hydrogen-bond acceptors (Lipinski definition) is 10. The maximum atomic E-state index is 16.3. The Hall–Kier alpha value is -2.19. The van der Waals surface area contributed by atoms with Crippen LogP contribution in [-0.4, -0.2) is 71.9 Å². The number of halogens is 1. The highest BCUT2D eigenvalue weighted by molar-refractivity contribution is 7.49. The van der Waals surface area contributed by atoms with Gasteiger partial charge in [0.15, 0.2) is 7.85 Å². The van der Waals surface area contributed by atoms with E-state index in [2.05, 4.69) is 0 Å². The molecule has 17 heteroatoms. The Balaban J connectivity index is 1.69. The lowest BCUT2D eigenvalue weighted by Crippen LogP contribution is -2.60. The van der Waals surface area contributed by atoms with Gasteiger partial charge in [-0.25, -0.2) is 13.8 Å². The summed E-state index contributed by atoms with van der Waals surface area (Å²) in [5.41, 5.74) is -3.94. The molecule has 5 atom stereocenters. The molecule has 1 saturated heterocycles. The van der Waals surface area contributed by atoms with Crippen molar-refractivity contribution < 1.29 is 42.6 Å². The van der Waals surface area contributed by atoms with Crippen molar-refractivity contribution in [1.82, 2.24) is 9.55 Å². The molecule has 34 heavy (non-hydrogen) atoms. The SMILES string of the molecule is BC(B)(OP1(=O)OCc2ccccc2O1)[C@@]1(F)O[C@@](B)(n2cc(CO)c(=O)[nH]c2=O)[C@H](O)[C@@H]1O. The predicted octanol–water partition coefficient (Wildman–Crippen LogP) is -3.66. The maximum Gasteiger partial charge on any atom is 0.529 e. The van der Waals surface area contributed by atoms with Crippen molar-refractivity contribution in [2.24, 2.45) is 0 Å². The summed E-state index contributed by atoms with van der Waals surface area (Å²) >= 11 is 0. The van der Waals surface area contributed by atoms with E-state index < -0.39 is 54.8 Å². The van der Waals surface area contributed by atoms with E-state index in [0.717, 1.165) is 29.7 Å². The molecule has 1 unspecified atom stereocenters. The fourth-order valence-corrected chi connectivity index (χ4v) is 5.48. The molecule has 1 fully saturated rings. The first-order chi connectivity index (χ1) is 15.8. The predicted molar refractivity (Wildman–Crippen MR) is 121 cm³/mol. The first-order valence-corrected chi connectivity index (χ1v) is 11.7. The summed E-state index contributed by atoms with van der Waals surface area (Å²) in [7, 11) is -1.14. The van der Waals surface area contributed by atoms with E-state index in [1.54, 1.807) is 18.2 Å². The van der Waals surface area contributed by atoms with E-state index in [4.69, 9.17) is 18.3 Å². The molecule has 0 bridgehead atoms. The summed E-state index contributed by atoms with van der Waals surface area (Å²) in [6.45, 7) is -0.914. The molecule has 180 valence electrons. The van der Waals surface area contributed by atoms with Crippen LogP contribution >= 0.6 is 7.82 Å². The Morgan fingerprint density at radius 3 is 2.65 bits per heavy atom. The van der Waals surface area contributed by atoms with Crippen molar-refractivity contribution in [2.75, 3.05) is 0 Å². The van der Waals surface area contributed by atoms with Gasteiger partial charge >= 0.3 is 13.5 Å². The van der Waals surface area contributed by atoms with Crippen molar-refractivity contribution in [3.05, 3.63) is 62.4 Å². The van der Waals surface area contributed by atoms with E-state index >= 15 is 4.39 Å². The summed E-state index contributed by atoms with van der Waals surface area (Å²) in [4.78, 5) is 26.1. The first-order valence-electron chi connectivity index (χ1n) is 10.2. The van der Waals surface area contributed by atoms with Crippen molar-refractivity contribution >= 4 is 31.4 Å². The lowest BCUT2D eigenvalue weighted by molar-refractivity contribution is -0.240. The minimum Gasteiger partial charge on any atom is -0.404 e. The van der Waals surface area contributed by atoms with E-state index in [1.807, 2.05) is 4.98 Å². The monoisotopic (exact) mass is 496 g/mol. The normalized spacial score (nSPS) is 33.3. The number of nitrogens with one attached hydrogen (secondary N) is 1. The number of aromatic amines is 1. The molecule has 0 radical (unpaired) electrons. The minimum absolute atomic E-state index is 0.150. The maximum absolute atomic E-state index is 16.3. The molecule has 1 aromatic heterocycles. The number of nitrogens with zero attached hydrogens (tertiary/aromatic N) is 1. The summed E-state index contributed by atoms with van der Waals surface area (Å²) in [5, 5.41) is 28.4. The summed E-state index contributed by atoms with van der Waals surface area (Å²) in [6.07, 6.45) is -3.50. The standard InChI is InChI=1S/C17H21B3FN2O10P/c18-16(23-5-9(6-24)13(27)22-14(23)28)12(26)11(25)15(21,32-16)17(19,20)33-34(29)30-7-8-3-1-2-4-10(8)31-34/h1-5,11-12,24-26H,6-7,18-20H2,(H,22,27,28)/t11-,12+,15-,16-,34?/m0/s1. The number of ether oxygens (including phenoxy) is 1. The number of aliphatic hydroxyl groups is 3. The molecule has 2 aliphatic rings. The summed E-state index contributed by atoms with van der Waals surface area (Å²) < 4.78 is 51.5. The van der Waals surface area contributed by atoms with Gasteiger partial charge in [-0.05, 0) is 6.07 Å². The molecular weight excluding hydrogens is 475 g/mol. The van der Waals surface area contributed by atoms with Gasteiger partial charge in [0.2, 0.25) is 0 Å². The smallest absolute Gasteiger partial charge is 0.404 e. The zero-order chi connectivity index (χ0) is 25.1. The fourth-order valence-electron chi connectivity index (χ4n) is 3.94. The van der Waals surface area contributed by atoms with Gasteiger partial charge in [-0.15, -0.1) is 0 Å². The lowest BCUT2D eigenvalue weighted by Gasteiger charge is -2.41. The zero-order valence-electron chi connectivity index (χ0n) is 18.4. The molecule has 0 aliphatic carbocycles. The number of aromatic nitrogens is 2. The van der Waals surface area contributed by atoms with Crippen LogP contribution in [-0.2, 0) is 37.2 Å². The van der Waals surface area contributed by atoms with Crippen LogP contribution < -0.4 is 15.8 Å². The molecule has 0 spiro atoms. The zero-order valence-corrected chi connectivity index (χ0v) is 19.3. The number of phosphoric acid groups is 1. The lowest BCUT2D eigenvalue weighted by atomic mass is 9.59. The van der Waals surface area contributed by atoms with Crippen LogP contribution in [0.1, 0.15) is 11.1 Å². The molecule has 1 aromatic carbocycles. The van der Waals surface area contributed by atoms with Gasteiger partial charge in [-0.3, -0.25) is 23.4 Å². The second-order valence-corrected chi connectivity index (χ2v) is 10.2. The Morgan fingerprint density at radius 1 is 1.29 bits per heavy atom. The Labute approximate surface area is 194 Å². The van der Waals surface area contributed by atoms with E-state index in [0.29, 0.717) is 10.1 Å². The van der Waals surface area contributed by atoms with Gasteiger partial charge in [0.25, 0.3) is 11.4 Å². The second kappa shape index (κ2) is 8.19. The second-order valence-electron chi connectivity index (χ2n) is 8.65. The van der Waals surface area contributed by atoms with Crippen LogP contribution in [0.3, 0.4) is 0 Å². The number of fused-ring (bicyclic) bond motifs is 1. The van der Waals surface area contributed by atoms with Crippen LogP contribution in [0.25, 0.3) is 0 Å². The van der Waals surface area contributed by atoms with Crippen LogP contribution in [0, 0.1) is 0 Å². The van der Waals surface area contributed by atoms with Crippen LogP contribution in [0.5, 0.6) is 5.75 Å². The number of rotatable bonds is 5. The van der Waals surface area contributed by atoms with E-state index in [-0.39, 0.29) is 17.9 Å². The van der Waals surface area contributed by atoms with Gasteiger partial charge in [0.05, 0.1) is 24.2 Å². The number of aliphatic hydroxyl groups excluding tert-OH is 3. The first kappa shape index (κ1) is 24.9. The highest BCUT2D eigenvalue weighted by atomic mass is 31.2.